The van der Waals surface area contributed by atoms with Crippen LogP contribution in [-0.4, -0.2) is 38.2 Å². The summed E-state index contributed by atoms with van der Waals surface area (Å²) in [5.74, 6) is -0.924. The lowest BCUT2D eigenvalue weighted by molar-refractivity contribution is 0.0842. The third kappa shape index (κ3) is 3.78. The van der Waals surface area contributed by atoms with Gasteiger partial charge < -0.3 is 25.5 Å². The molecule has 0 aliphatic carbocycles. The van der Waals surface area contributed by atoms with Crippen molar-refractivity contribution in [3.05, 3.63) is 59.7 Å². The summed E-state index contributed by atoms with van der Waals surface area (Å²) in [5, 5.41) is 47.3. The molecule has 5 nitrogen and oxygen atoms in total. The minimum Gasteiger partial charge on any atom is -0.508 e. The molecule has 5 N–H and O–H groups in total. The van der Waals surface area contributed by atoms with E-state index >= 15 is 0 Å². The molecule has 116 valence electrons. The number of aliphatic hydroxyl groups excluding tert-OH is 2. The van der Waals surface area contributed by atoms with Crippen LogP contribution in [0.15, 0.2) is 48.5 Å². The van der Waals surface area contributed by atoms with Crippen molar-refractivity contribution < 1.29 is 25.5 Å². The number of phenols is 3. The van der Waals surface area contributed by atoms with Crippen LogP contribution in [0.5, 0.6) is 17.2 Å². The highest BCUT2D eigenvalue weighted by molar-refractivity contribution is 5.53. The van der Waals surface area contributed by atoms with Gasteiger partial charge in [-0.1, -0.05) is 30.4 Å². The van der Waals surface area contributed by atoms with Crippen LogP contribution in [0.1, 0.15) is 17.0 Å². The number of hydrogen-bond donors (Lipinski definition) is 5. The van der Waals surface area contributed by atoms with Crippen LogP contribution in [0.3, 0.4) is 0 Å². The molecule has 0 bridgehead atoms. The second kappa shape index (κ2) is 6.98. The van der Waals surface area contributed by atoms with Crippen LogP contribution >= 0.6 is 0 Å². The normalized spacial score (nSPS) is 14.1. The largest absolute Gasteiger partial charge is 0.508 e. The average Bonchev–Trinajstić information content (AvgIpc) is 2.52. The number of benzene rings is 2. The van der Waals surface area contributed by atoms with Crippen molar-refractivity contribution in [3.63, 3.8) is 0 Å². The van der Waals surface area contributed by atoms with Crippen molar-refractivity contribution >= 4 is 6.08 Å². The summed E-state index contributed by atoms with van der Waals surface area (Å²) in [4.78, 5) is 0. The number of aliphatic hydroxyl groups is 2. The fraction of sp³-hybridized carbons (Fsp3) is 0.176. The summed E-state index contributed by atoms with van der Waals surface area (Å²) in [6.45, 7) is -0.438. The van der Waals surface area contributed by atoms with Crippen molar-refractivity contribution in [1.82, 2.24) is 0 Å². The Balaban J connectivity index is 2.29. The van der Waals surface area contributed by atoms with Gasteiger partial charge in [0.2, 0.25) is 0 Å². The van der Waals surface area contributed by atoms with E-state index in [1.807, 2.05) is 0 Å². The minimum atomic E-state index is -1.04. The zero-order valence-corrected chi connectivity index (χ0v) is 11.8. The summed E-state index contributed by atoms with van der Waals surface area (Å²) in [5.41, 5.74) is 1.38. The molecule has 0 amide bonds. The third-order valence-corrected chi connectivity index (χ3v) is 3.38. The van der Waals surface area contributed by atoms with Gasteiger partial charge in [0.05, 0.1) is 12.7 Å². The lowest BCUT2D eigenvalue weighted by Gasteiger charge is -2.19. The molecular weight excluding hydrogens is 284 g/mol. The molecule has 2 aromatic rings. The minimum absolute atomic E-state index is 0.160. The molecule has 0 aliphatic heterocycles. The summed E-state index contributed by atoms with van der Waals surface area (Å²) in [7, 11) is 0. The van der Waals surface area contributed by atoms with Gasteiger partial charge >= 0.3 is 0 Å². The van der Waals surface area contributed by atoms with Gasteiger partial charge in [-0.25, -0.2) is 0 Å². The highest BCUT2D eigenvalue weighted by atomic mass is 16.3. The maximum Gasteiger partial charge on any atom is 0.157 e. The first-order chi connectivity index (χ1) is 10.5. The molecule has 0 fully saturated rings. The molecule has 0 spiro atoms. The van der Waals surface area contributed by atoms with Crippen molar-refractivity contribution in [1.29, 1.82) is 0 Å². The summed E-state index contributed by atoms with van der Waals surface area (Å²) < 4.78 is 0. The zero-order valence-electron chi connectivity index (χ0n) is 11.8. The van der Waals surface area contributed by atoms with Gasteiger partial charge in [0.1, 0.15) is 5.75 Å². The lowest BCUT2D eigenvalue weighted by atomic mass is 9.92. The maximum absolute atomic E-state index is 9.97. The molecule has 0 heterocycles. The van der Waals surface area contributed by atoms with Crippen LogP contribution in [-0.2, 0) is 0 Å². The molecule has 22 heavy (non-hydrogen) atoms. The Morgan fingerprint density at radius 3 is 2.18 bits per heavy atom. The van der Waals surface area contributed by atoms with Crippen molar-refractivity contribution in [2.75, 3.05) is 6.61 Å². The highest BCUT2D eigenvalue weighted by Crippen LogP contribution is 2.31. The topological polar surface area (TPSA) is 101 Å². The van der Waals surface area contributed by atoms with E-state index in [2.05, 4.69) is 0 Å². The molecular formula is C17H18O5. The molecule has 0 saturated carbocycles. The Morgan fingerprint density at radius 1 is 0.909 bits per heavy atom. The van der Waals surface area contributed by atoms with Crippen LogP contribution in [0.2, 0.25) is 0 Å². The molecule has 0 radical (unpaired) electrons. The van der Waals surface area contributed by atoms with Gasteiger partial charge in [0.15, 0.2) is 11.5 Å². The summed E-state index contributed by atoms with van der Waals surface area (Å²) >= 11 is 0. The predicted octanol–water partition coefficient (Wildman–Crippen LogP) is 1.95. The van der Waals surface area contributed by atoms with Gasteiger partial charge in [-0.3, -0.25) is 0 Å². The molecule has 0 aliphatic rings. The summed E-state index contributed by atoms with van der Waals surface area (Å²) in [6, 6.07) is 10.8. The zero-order chi connectivity index (χ0) is 16.1. The van der Waals surface area contributed by atoms with E-state index in [0.717, 1.165) is 5.56 Å². The van der Waals surface area contributed by atoms with Crippen LogP contribution in [0, 0.1) is 0 Å². The van der Waals surface area contributed by atoms with Crippen LogP contribution in [0.4, 0.5) is 0 Å². The number of hydrogen-bond acceptors (Lipinski definition) is 5. The molecule has 0 unspecified atom stereocenters. The first kappa shape index (κ1) is 15.9. The monoisotopic (exact) mass is 302 g/mol. The fourth-order valence-corrected chi connectivity index (χ4v) is 2.12. The maximum atomic E-state index is 9.97. The first-order valence-electron chi connectivity index (χ1n) is 6.79. The van der Waals surface area contributed by atoms with Crippen LogP contribution in [0.25, 0.3) is 6.08 Å². The molecule has 0 saturated heterocycles. The van der Waals surface area contributed by atoms with Gasteiger partial charge in [-0.15, -0.1) is 0 Å². The molecule has 2 rings (SSSR count). The van der Waals surface area contributed by atoms with E-state index in [4.69, 9.17) is 0 Å². The van der Waals surface area contributed by atoms with Gasteiger partial charge in [0, 0.05) is 5.92 Å². The lowest BCUT2D eigenvalue weighted by Crippen LogP contribution is -2.20. The Bertz CT molecular complexity index is 649. The standard InChI is InChI=1S/C17H18O5/c18-10-17(22)14(12-4-8-15(20)16(21)9-12)7-3-11-1-5-13(19)6-2-11/h1-9,14,17-22H,10H2/b7-3-/t14-,17-/m0/s1. The van der Waals surface area contributed by atoms with Gasteiger partial charge in [0.25, 0.3) is 0 Å². The van der Waals surface area contributed by atoms with Crippen molar-refractivity contribution in [2.24, 2.45) is 0 Å². The Labute approximate surface area is 128 Å². The smallest absolute Gasteiger partial charge is 0.157 e. The quantitative estimate of drug-likeness (QED) is 0.543. The molecule has 2 atom stereocenters. The second-order valence-electron chi connectivity index (χ2n) is 4.97. The predicted molar refractivity (Wildman–Crippen MR) is 82.7 cm³/mol. The Kier molecular flexibility index (Phi) is 5.04. The summed E-state index contributed by atoms with van der Waals surface area (Å²) in [6.07, 6.45) is 2.39. The second-order valence-corrected chi connectivity index (χ2v) is 4.97. The Hall–Kier alpha value is -2.50. The average molecular weight is 302 g/mol. The number of aromatic hydroxyl groups is 3. The highest BCUT2D eigenvalue weighted by Gasteiger charge is 2.19. The van der Waals surface area contributed by atoms with Gasteiger partial charge in [-0.2, -0.15) is 0 Å². The van der Waals surface area contributed by atoms with Crippen molar-refractivity contribution in [3.8, 4) is 17.2 Å². The van der Waals surface area contributed by atoms with Crippen molar-refractivity contribution in [2.45, 2.75) is 12.0 Å². The SMILES string of the molecule is OC[C@H](O)[C@@H](/C=C\c1ccc(O)cc1)c1ccc(O)c(O)c1. The first-order valence-corrected chi connectivity index (χ1v) is 6.79. The number of rotatable bonds is 5. The van der Waals surface area contributed by atoms with E-state index < -0.39 is 18.6 Å². The Morgan fingerprint density at radius 2 is 1.59 bits per heavy atom. The van der Waals surface area contributed by atoms with E-state index in [1.165, 1.54) is 12.1 Å². The van der Waals surface area contributed by atoms with E-state index in [9.17, 15) is 25.5 Å². The van der Waals surface area contributed by atoms with E-state index in [-0.39, 0.29) is 17.2 Å². The van der Waals surface area contributed by atoms with E-state index in [1.54, 1.807) is 42.5 Å². The molecule has 0 aromatic heterocycles. The third-order valence-electron chi connectivity index (χ3n) is 3.38. The number of phenolic OH excluding ortho intramolecular Hbond substituents is 3. The molecule has 2 aromatic carbocycles. The van der Waals surface area contributed by atoms with Crippen LogP contribution < -0.4 is 0 Å². The van der Waals surface area contributed by atoms with E-state index in [0.29, 0.717) is 5.56 Å². The molecule has 5 heteroatoms. The van der Waals surface area contributed by atoms with Gasteiger partial charge in [-0.05, 0) is 35.4 Å². The fourth-order valence-electron chi connectivity index (χ4n) is 2.12.